The topological polar surface area (TPSA) is 46.4 Å². The number of nitrogens with zero attached hydrogens (tertiary/aromatic N) is 1. The van der Waals surface area contributed by atoms with Crippen molar-refractivity contribution >= 4 is 5.69 Å². The molecule has 26 heavy (non-hydrogen) atoms. The molecule has 1 fully saturated rings. The van der Waals surface area contributed by atoms with Crippen molar-refractivity contribution in [1.82, 2.24) is 0 Å². The van der Waals surface area contributed by atoms with Gasteiger partial charge in [0.1, 0.15) is 18.4 Å². The van der Waals surface area contributed by atoms with Crippen LogP contribution in [0.4, 0.5) is 5.69 Å². The van der Waals surface area contributed by atoms with Crippen LogP contribution in [-0.2, 0) is 11.3 Å². The molecule has 3 rings (SSSR count). The van der Waals surface area contributed by atoms with E-state index in [2.05, 4.69) is 11.0 Å². The summed E-state index contributed by atoms with van der Waals surface area (Å²) in [6.45, 7) is 5.61. The zero-order valence-electron chi connectivity index (χ0n) is 15.4. The molecule has 0 radical (unpaired) electrons. The van der Waals surface area contributed by atoms with Gasteiger partial charge in [0.25, 0.3) is 0 Å². The second-order valence-electron chi connectivity index (χ2n) is 6.77. The average Bonchev–Trinajstić information content (AvgIpc) is 2.69. The first-order valence-corrected chi connectivity index (χ1v) is 9.27. The monoisotopic (exact) mass is 357 g/mol. The molecule has 0 aromatic heterocycles. The van der Waals surface area contributed by atoms with Gasteiger partial charge in [0.2, 0.25) is 0 Å². The summed E-state index contributed by atoms with van der Waals surface area (Å²) in [6.07, 6.45) is -0.425. The van der Waals surface area contributed by atoms with E-state index >= 15 is 0 Å². The predicted molar refractivity (Wildman–Crippen MR) is 103 cm³/mol. The average molecular weight is 357 g/mol. The van der Waals surface area contributed by atoms with Gasteiger partial charge in [-0.15, -0.1) is 0 Å². The fourth-order valence-electron chi connectivity index (χ4n) is 3.44. The van der Waals surface area contributed by atoms with Crippen molar-refractivity contribution in [1.29, 1.82) is 0 Å². The lowest BCUT2D eigenvalue weighted by molar-refractivity contribution is -0.903. The van der Waals surface area contributed by atoms with E-state index < -0.39 is 6.10 Å². The minimum Gasteiger partial charge on any atom is -0.495 e. The molecular weight excluding hydrogens is 328 g/mol. The van der Waals surface area contributed by atoms with Crippen LogP contribution in [0.1, 0.15) is 5.56 Å². The van der Waals surface area contributed by atoms with Crippen molar-refractivity contribution in [3.63, 3.8) is 0 Å². The first-order valence-electron chi connectivity index (χ1n) is 9.27. The number of rotatable bonds is 8. The van der Waals surface area contributed by atoms with E-state index in [4.69, 9.17) is 9.47 Å². The molecule has 1 aliphatic heterocycles. The zero-order valence-corrected chi connectivity index (χ0v) is 15.4. The number of aliphatic hydroxyl groups excluding tert-OH is 1. The lowest BCUT2D eigenvalue weighted by Gasteiger charge is -2.35. The van der Waals surface area contributed by atoms with Crippen LogP contribution in [0.3, 0.4) is 0 Å². The van der Waals surface area contributed by atoms with Crippen LogP contribution in [0.5, 0.6) is 5.75 Å². The van der Waals surface area contributed by atoms with Crippen LogP contribution in [0.2, 0.25) is 0 Å². The minimum absolute atomic E-state index is 0.384. The molecule has 0 amide bonds. The molecule has 1 aliphatic rings. The molecule has 2 aromatic carbocycles. The highest BCUT2D eigenvalue weighted by Crippen LogP contribution is 2.27. The molecule has 5 nitrogen and oxygen atoms in total. The minimum atomic E-state index is -0.425. The summed E-state index contributed by atoms with van der Waals surface area (Å²) in [7, 11) is 1.71. The number of hydrogen-bond acceptors (Lipinski definition) is 4. The molecule has 1 saturated heterocycles. The maximum atomic E-state index is 10.3. The Hall–Kier alpha value is -2.08. The molecule has 2 aromatic rings. The number of aliphatic hydroxyl groups is 1. The second kappa shape index (κ2) is 9.57. The summed E-state index contributed by atoms with van der Waals surface area (Å²) in [5.41, 5.74) is 2.29. The van der Waals surface area contributed by atoms with Crippen molar-refractivity contribution in [3.05, 3.63) is 60.2 Å². The van der Waals surface area contributed by atoms with E-state index in [-0.39, 0.29) is 0 Å². The van der Waals surface area contributed by atoms with Crippen LogP contribution in [0, 0.1) is 0 Å². The van der Waals surface area contributed by atoms with Crippen LogP contribution in [-0.4, -0.2) is 57.7 Å². The molecule has 1 atom stereocenters. The van der Waals surface area contributed by atoms with E-state index in [1.165, 1.54) is 4.90 Å². The quantitative estimate of drug-likeness (QED) is 0.739. The first-order chi connectivity index (χ1) is 12.8. The Labute approximate surface area is 155 Å². The fraction of sp³-hybridized carbons (Fsp3) is 0.429. The normalized spacial score (nSPS) is 16.5. The van der Waals surface area contributed by atoms with Crippen molar-refractivity contribution in [2.75, 3.05) is 51.3 Å². The molecule has 0 saturated carbocycles. The number of nitrogens with one attached hydrogen (secondary N) is 1. The molecular formula is C21H29N2O3+. The molecule has 0 spiro atoms. The molecule has 2 N–H and O–H groups in total. The number of methoxy groups -OCH3 is 1. The Morgan fingerprint density at radius 3 is 2.46 bits per heavy atom. The number of benzene rings is 2. The third-order valence-corrected chi connectivity index (χ3v) is 4.84. The first kappa shape index (κ1) is 18.7. The summed E-state index contributed by atoms with van der Waals surface area (Å²) in [5, 5.41) is 10.3. The highest BCUT2D eigenvalue weighted by atomic mass is 16.5. The molecule has 0 aliphatic carbocycles. The van der Waals surface area contributed by atoms with Crippen molar-refractivity contribution in [3.8, 4) is 5.75 Å². The lowest BCUT2D eigenvalue weighted by atomic mass is 10.2. The van der Waals surface area contributed by atoms with Gasteiger partial charge in [0, 0.05) is 0 Å². The van der Waals surface area contributed by atoms with Crippen LogP contribution in [0.15, 0.2) is 54.6 Å². The fourth-order valence-corrected chi connectivity index (χ4v) is 3.44. The van der Waals surface area contributed by atoms with Gasteiger partial charge in [-0.2, -0.15) is 0 Å². The lowest BCUT2D eigenvalue weighted by Crippen LogP contribution is -3.16. The summed E-state index contributed by atoms with van der Waals surface area (Å²) in [5.74, 6) is 0.922. The van der Waals surface area contributed by atoms with E-state index in [0.717, 1.165) is 49.7 Å². The van der Waals surface area contributed by atoms with Crippen molar-refractivity contribution < 1.29 is 19.5 Å². The summed E-state index contributed by atoms with van der Waals surface area (Å²) in [4.78, 5) is 3.78. The highest BCUT2D eigenvalue weighted by Gasteiger charge is 2.24. The maximum absolute atomic E-state index is 10.3. The summed E-state index contributed by atoms with van der Waals surface area (Å²) in [6, 6.07) is 18.2. The number of quaternary nitrogens is 1. The predicted octanol–water partition coefficient (Wildman–Crippen LogP) is 0.978. The molecule has 140 valence electrons. The van der Waals surface area contributed by atoms with Gasteiger partial charge in [0.15, 0.2) is 0 Å². The maximum Gasteiger partial charge on any atom is 0.142 e. The number of hydrogen-bond donors (Lipinski definition) is 2. The van der Waals surface area contributed by atoms with Crippen molar-refractivity contribution in [2.24, 2.45) is 0 Å². The van der Waals surface area contributed by atoms with Crippen molar-refractivity contribution in [2.45, 2.75) is 12.7 Å². The van der Waals surface area contributed by atoms with E-state index in [0.29, 0.717) is 13.2 Å². The highest BCUT2D eigenvalue weighted by molar-refractivity contribution is 5.58. The standard InChI is InChI=1S/C21H28N2O3/c1-25-21-10-6-5-9-20(21)23-13-11-22(12-14-23)15-19(24)17-26-16-18-7-3-2-4-8-18/h2-10,19,24H,11-17H2,1H3/p+1/t19-/m1/s1. The third-order valence-electron chi connectivity index (χ3n) is 4.84. The van der Waals surface area contributed by atoms with Crippen LogP contribution >= 0.6 is 0 Å². The Kier molecular flexibility index (Phi) is 6.89. The van der Waals surface area contributed by atoms with Gasteiger partial charge in [-0.1, -0.05) is 42.5 Å². The van der Waals surface area contributed by atoms with Gasteiger partial charge in [-0.25, -0.2) is 0 Å². The van der Waals surface area contributed by atoms with Crippen LogP contribution < -0.4 is 14.5 Å². The molecule has 1 heterocycles. The second-order valence-corrected chi connectivity index (χ2v) is 6.77. The Morgan fingerprint density at radius 2 is 1.73 bits per heavy atom. The smallest absolute Gasteiger partial charge is 0.142 e. The van der Waals surface area contributed by atoms with Gasteiger partial charge >= 0.3 is 0 Å². The Morgan fingerprint density at radius 1 is 1.04 bits per heavy atom. The van der Waals surface area contributed by atoms with E-state index in [9.17, 15) is 5.11 Å². The number of ether oxygens (including phenoxy) is 2. The van der Waals surface area contributed by atoms with Crippen LogP contribution in [0.25, 0.3) is 0 Å². The van der Waals surface area contributed by atoms with Gasteiger partial charge < -0.3 is 24.4 Å². The zero-order chi connectivity index (χ0) is 18.2. The third kappa shape index (κ3) is 5.21. The SMILES string of the molecule is COc1ccccc1N1CC[NH+](C[C@@H](O)COCc2ccccc2)CC1. The Bertz CT molecular complexity index is 657. The molecule has 0 bridgehead atoms. The van der Waals surface area contributed by atoms with Gasteiger partial charge in [0.05, 0.1) is 52.2 Å². The molecule has 5 heteroatoms. The largest absolute Gasteiger partial charge is 0.495 e. The number of para-hydroxylation sites is 2. The number of anilines is 1. The summed E-state index contributed by atoms with van der Waals surface area (Å²) < 4.78 is 11.1. The summed E-state index contributed by atoms with van der Waals surface area (Å²) >= 11 is 0. The van der Waals surface area contributed by atoms with E-state index in [1.54, 1.807) is 7.11 Å². The van der Waals surface area contributed by atoms with E-state index in [1.807, 2.05) is 48.5 Å². The Balaban J connectivity index is 1.39. The molecule has 0 unspecified atom stereocenters. The number of piperazine rings is 1. The van der Waals surface area contributed by atoms with Gasteiger partial charge in [-0.05, 0) is 17.7 Å². The van der Waals surface area contributed by atoms with Gasteiger partial charge in [-0.3, -0.25) is 0 Å².